The van der Waals surface area contributed by atoms with E-state index in [1.54, 1.807) is 7.11 Å². The predicted molar refractivity (Wildman–Crippen MR) is 134 cm³/mol. The minimum absolute atomic E-state index is 0.121. The van der Waals surface area contributed by atoms with Crippen molar-refractivity contribution in [3.05, 3.63) is 86.3 Å². The second kappa shape index (κ2) is 10.5. The fourth-order valence-corrected chi connectivity index (χ4v) is 4.66. The molecule has 0 unspecified atom stereocenters. The zero-order chi connectivity index (χ0) is 24.1. The van der Waals surface area contributed by atoms with Gasteiger partial charge in [-0.3, -0.25) is 9.59 Å². The van der Waals surface area contributed by atoms with E-state index in [0.29, 0.717) is 42.3 Å². The first-order chi connectivity index (χ1) is 16.4. The van der Waals surface area contributed by atoms with Gasteiger partial charge in [-0.05, 0) is 42.7 Å². The first-order valence-corrected chi connectivity index (χ1v) is 11.9. The molecule has 0 spiro atoms. The molecule has 2 N–H and O–H groups in total. The lowest BCUT2D eigenvalue weighted by Crippen LogP contribution is -2.23. The molecule has 2 aromatic heterocycles. The molecule has 2 aromatic carbocycles. The maximum absolute atomic E-state index is 12.4. The van der Waals surface area contributed by atoms with Gasteiger partial charge in [-0.25, -0.2) is 4.98 Å². The number of H-pyrrole nitrogens is 1. The summed E-state index contributed by atoms with van der Waals surface area (Å²) in [6.45, 7) is 4.71. The van der Waals surface area contributed by atoms with Gasteiger partial charge in [-0.1, -0.05) is 36.4 Å². The molecule has 7 nitrogen and oxygen atoms in total. The van der Waals surface area contributed by atoms with E-state index in [9.17, 15) is 9.59 Å². The molecule has 0 bridgehead atoms. The van der Waals surface area contributed by atoms with Gasteiger partial charge < -0.3 is 19.8 Å². The Bertz CT molecular complexity index is 1360. The number of aryl methyl sites for hydroxylation is 3. The van der Waals surface area contributed by atoms with Crippen LogP contribution in [0.4, 0.5) is 0 Å². The van der Waals surface area contributed by atoms with E-state index in [1.165, 1.54) is 11.3 Å². The number of hydrogen-bond acceptors (Lipinski definition) is 6. The highest BCUT2D eigenvalue weighted by molar-refractivity contribution is 7.18. The molecule has 0 fully saturated rings. The molecule has 0 saturated heterocycles. The van der Waals surface area contributed by atoms with Crippen molar-refractivity contribution in [1.29, 1.82) is 0 Å². The summed E-state index contributed by atoms with van der Waals surface area (Å²) in [5.74, 6) is 1.66. The largest absolute Gasteiger partial charge is 0.493 e. The molecule has 34 heavy (non-hydrogen) atoms. The zero-order valence-electron chi connectivity index (χ0n) is 19.4. The Balaban J connectivity index is 1.32. The second-order valence-corrected chi connectivity index (χ2v) is 9.22. The quantitative estimate of drug-likeness (QED) is 0.372. The van der Waals surface area contributed by atoms with Crippen molar-refractivity contribution in [2.24, 2.45) is 0 Å². The zero-order valence-corrected chi connectivity index (χ0v) is 20.3. The third-order valence-electron chi connectivity index (χ3n) is 5.63. The van der Waals surface area contributed by atoms with Gasteiger partial charge in [0.1, 0.15) is 17.3 Å². The Labute approximate surface area is 201 Å². The Morgan fingerprint density at radius 1 is 1.09 bits per heavy atom. The van der Waals surface area contributed by atoms with Crippen LogP contribution in [0.1, 0.15) is 33.8 Å². The number of nitrogens with one attached hydrogen (secondary N) is 2. The van der Waals surface area contributed by atoms with E-state index >= 15 is 0 Å². The number of aromatic amines is 1. The van der Waals surface area contributed by atoms with Crippen molar-refractivity contribution >= 4 is 27.5 Å². The average Bonchev–Trinajstić information content (AvgIpc) is 3.14. The monoisotopic (exact) mass is 477 g/mol. The average molecular weight is 478 g/mol. The molecule has 0 aliphatic rings. The topological polar surface area (TPSA) is 93.3 Å². The highest BCUT2D eigenvalue weighted by atomic mass is 32.1. The highest BCUT2D eigenvalue weighted by Crippen LogP contribution is 2.29. The lowest BCUT2D eigenvalue weighted by molar-refractivity contribution is -0.121. The van der Waals surface area contributed by atoms with Crippen LogP contribution in [-0.4, -0.2) is 23.0 Å². The van der Waals surface area contributed by atoms with Crippen molar-refractivity contribution < 1.29 is 14.3 Å². The molecule has 0 radical (unpaired) electrons. The van der Waals surface area contributed by atoms with Crippen molar-refractivity contribution in [1.82, 2.24) is 15.3 Å². The van der Waals surface area contributed by atoms with Crippen LogP contribution in [0.3, 0.4) is 0 Å². The van der Waals surface area contributed by atoms with Crippen LogP contribution in [0.5, 0.6) is 11.5 Å². The van der Waals surface area contributed by atoms with Crippen LogP contribution in [0.25, 0.3) is 10.2 Å². The van der Waals surface area contributed by atoms with E-state index in [-0.39, 0.29) is 17.9 Å². The summed E-state index contributed by atoms with van der Waals surface area (Å²) in [7, 11) is 1.59. The van der Waals surface area contributed by atoms with Crippen LogP contribution >= 0.6 is 11.3 Å². The minimum Gasteiger partial charge on any atom is -0.493 e. The number of aromatic nitrogens is 2. The van der Waals surface area contributed by atoms with E-state index < -0.39 is 0 Å². The molecule has 4 aromatic rings. The van der Waals surface area contributed by atoms with Gasteiger partial charge in [-0.15, -0.1) is 11.3 Å². The lowest BCUT2D eigenvalue weighted by Gasteiger charge is -2.13. The molecule has 2 heterocycles. The van der Waals surface area contributed by atoms with Crippen LogP contribution in [0, 0.1) is 13.8 Å². The smallest absolute Gasteiger partial charge is 0.259 e. The van der Waals surface area contributed by atoms with Gasteiger partial charge in [0.2, 0.25) is 5.91 Å². The van der Waals surface area contributed by atoms with E-state index in [2.05, 4.69) is 15.3 Å². The standard InChI is InChI=1S/C26H27N3O4S/c1-16-17(2)34-26-24(16)25(31)28-22(29-26)11-12-23(30)27-14-19-9-10-20(21(13-19)32-3)33-15-18-7-5-4-6-8-18/h4-10,13H,11-12,14-15H2,1-3H3,(H,27,30)(H,28,29,31). The van der Waals surface area contributed by atoms with Crippen molar-refractivity contribution in [3.63, 3.8) is 0 Å². The maximum Gasteiger partial charge on any atom is 0.259 e. The number of amides is 1. The number of nitrogens with zero attached hydrogens (tertiary/aromatic N) is 1. The number of carbonyl (C=O) groups excluding carboxylic acids is 1. The summed E-state index contributed by atoms with van der Waals surface area (Å²) in [4.78, 5) is 33.9. The fraction of sp³-hybridized carbons (Fsp3) is 0.269. The first-order valence-electron chi connectivity index (χ1n) is 11.0. The van der Waals surface area contributed by atoms with Gasteiger partial charge in [0.15, 0.2) is 11.5 Å². The number of thiophene rings is 1. The van der Waals surface area contributed by atoms with Crippen molar-refractivity contribution in [3.8, 4) is 11.5 Å². The summed E-state index contributed by atoms with van der Waals surface area (Å²) in [5, 5.41) is 3.55. The van der Waals surface area contributed by atoms with Gasteiger partial charge in [0.25, 0.3) is 5.56 Å². The molecule has 176 valence electrons. The molecule has 0 atom stereocenters. The second-order valence-electron chi connectivity index (χ2n) is 8.01. The summed E-state index contributed by atoms with van der Waals surface area (Å²) in [6.07, 6.45) is 0.593. The Kier molecular flexibility index (Phi) is 7.27. The van der Waals surface area contributed by atoms with Crippen molar-refractivity contribution in [2.45, 2.75) is 39.8 Å². The SMILES string of the molecule is COc1cc(CNC(=O)CCc2nc3sc(C)c(C)c3c(=O)[nH]2)ccc1OCc1ccccc1. The first kappa shape index (κ1) is 23.5. The summed E-state index contributed by atoms with van der Waals surface area (Å²) in [5.41, 5.74) is 2.78. The van der Waals surface area contributed by atoms with Crippen LogP contribution in [0.15, 0.2) is 53.3 Å². The van der Waals surface area contributed by atoms with Crippen LogP contribution in [-0.2, 0) is 24.4 Å². The molecule has 0 aliphatic heterocycles. The van der Waals surface area contributed by atoms with E-state index in [0.717, 1.165) is 26.4 Å². The number of methoxy groups -OCH3 is 1. The van der Waals surface area contributed by atoms with Gasteiger partial charge in [0.05, 0.1) is 12.5 Å². The molecule has 8 heteroatoms. The fourth-order valence-electron chi connectivity index (χ4n) is 3.62. The molecule has 0 saturated carbocycles. The van der Waals surface area contributed by atoms with E-state index in [1.807, 2.05) is 62.4 Å². The van der Waals surface area contributed by atoms with Gasteiger partial charge in [-0.2, -0.15) is 0 Å². The summed E-state index contributed by atoms with van der Waals surface area (Å²) >= 11 is 1.50. The molecule has 1 amide bonds. The third-order valence-corrected chi connectivity index (χ3v) is 6.73. The predicted octanol–water partition coefficient (Wildman–Crippen LogP) is 4.44. The molecular formula is C26H27N3O4S. The third kappa shape index (κ3) is 5.46. The highest BCUT2D eigenvalue weighted by Gasteiger charge is 2.13. The number of hydrogen-bond donors (Lipinski definition) is 2. The molecule has 0 aliphatic carbocycles. The van der Waals surface area contributed by atoms with Gasteiger partial charge in [0, 0.05) is 24.3 Å². The van der Waals surface area contributed by atoms with Crippen molar-refractivity contribution in [2.75, 3.05) is 7.11 Å². The molecular weight excluding hydrogens is 450 g/mol. The summed E-state index contributed by atoms with van der Waals surface area (Å²) in [6, 6.07) is 15.5. The number of rotatable bonds is 9. The van der Waals surface area contributed by atoms with Crippen LogP contribution in [0.2, 0.25) is 0 Å². The Hall–Kier alpha value is -3.65. The Morgan fingerprint density at radius 2 is 1.88 bits per heavy atom. The minimum atomic E-state index is -0.149. The number of fused-ring (bicyclic) bond motifs is 1. The lowest BCUT2D eigenvalue weighted by atomic mass is 10.2. The summed E-state index contributed by atoms with van der Waals surface area (Å²) < 4.78 is 11.3. The Morgan fingerprint density at radius 3 is 2.65 bits per heavy atom. The van der Waals surface area contributed by atoms with Gasteiger partial charge >= 0.3 is 0 Å². The molecule has 4 rings (SSSR count). The number of carbonyl (C=O) groups is 1. The van der Waals surface area contributed by atoms with Crippen LogP contribution < -0.4 is 20.3 Å². The van der Waals surface area contributed by atoms with E-state index in [4.69, 9.17) is 9.47 Å². The maximum atomic E-state index is 12.4. The normalized spacial score (nSPS) is 10.9. The number of ether oxygens (including phenoxy) is 2. The number of benzene rings is 2.